The standard InChI is InChI=1S/C18H21FN4O/c1-2-20-18(24)14-9-11-23(12-10-14)17-8-7-16(21-22-17)13-3-5-15(19)6-4-13/h3-8,14H,2,9-12H2,1H3,(H,20,24). The van der Waals surface area contributed by atoms with Crippen LogP contribution in [0.25, 0.3) is 11.3 Å². The Morgan fingerprint density at radius 2 is 1.88 bits per heavy atom. The highest BCUT2D eigenvalue weighted by Gasteiger charge is 2.25. The number of amides is 1. The molecule has 1 fully saturated rings. The van der Waals surface area contributed by atoms with Gasteiger partial charge in [0.25, 0.3) is 0 Å². The zero-order chi connectivity index (χ0) is 16.9. The van der Waals surface area contributed by atoms with E-state index in [4.69, 9.17) is 0 Å². The first-order valence-corrected chi connectivity index (χ1v) is 8.29. The molecule has 0 spiro atoms. The average molecular weight is 328 g/mol. The number of carbonyl (C=O) groups excluding carboxylic acids is 1. The molecule has 0 radical (unpaired) electrons. The molecule has 1 aromatic heterocycles. The van der Waals surface area contributed by atoms with Crippen LogP contribution in [0, 0.1) is 11.7 Å². The molecule has 6 heteroatoms. The summed E-state index contributed by atoms with van der Waals surface area (Å²) in [5.74, 6) is 0.788. The van der Waals surface area contributed by atoms with Crippen LogP contribution in [-0.4, -0.2) is 35.7 Å². The van der Waals surface area contributed by atoms with Crippen LogP contribution in [0.4, 0.5) is 10.2 Å². The van der Waals surface area contributed by atoms with E-state index >= 15 is 0 Å². The number of aromatic nitrogens is 2. The summed E-state index contributed by atoms with van der Waals surface area (Å²) in [6.07, 6.45) is 1.65. The van der Waals surface area contributed by atoms with Crippen molar-refractivity contribution >= 4 is 11.7 Å². The van der Waals surface area contributed by atoms with Gasteiger partial charge in [-0.3, -0.25) is 4.79 Å². The number of anilines is 1. The Morgan fingerprint density at radius 1 is 1.17 bits per heavy atom. The first-order chi connectivity index (χ1) is 11.7. The summed E-state index contributed by atoms with van der Waals surface area (Å²) in [7, 11) is 0. The quantitative estimate of drug-likeness (QED) is 0.937. The molecule has 2 aromatic rings. The molecule has 1 N–H and O–H groups in total. The lowest BCUT2D eigenvalue weighted by Crippen LogP contribution is -2.40. The van der Waals surface area contributed by atoms with Gasteiger partial charge in [0, 0.05) is 31.1 Å². The van der Waals surface area contributed by atoms with Crippen LogP contribution in [-0.2, 0) is 4.79 Å². The Balaban J connectivity index is 1.62. The smallest absolute Gasteiger partial charge is 0.223 e. The number of halogens is 1. The van der Waals surface area contributed by atoms with Gasteiger partial charge in [0.2, 0.25) is 5.91 Å². The van der Waals surface area contributed by atoms with Gasteiger partial charge in [-0.15, -0.1) is 10.2 Å². The third kappa shape index (κ3) is 3.69. The molecule has 1 aromatic carbocycles. The Bertz CT molecular complexity index is 679. The van der Waals surface area contributed by atoms with Gasteiger partial charge in [-0.1, -0.05) is 0 Å². The topological polar surface area (TPSA) is 58.1 Å². The molecule has 0 unspecified atom stereocenters. The van der Waals surface area contributed by atoms with Crippen molar-refractivity contribution < 1.29 is 9.18 Å². The number of carbonyl (C=O) groups is 1. The zero-order valence-corrected chi connectivity index (χ0v) is 13.7. The molecule has 0 saturated carbocycles. The van der Waals surface area contributed by atoms with E-state index in [2.05, 4.69) is 20.4 Å². The summed E-state index contributed by atoms with van der Waals surface area (Å²) in [6.45, 7) is 4.21. The predicted octanol–water partition coefficient (Wildman–Crippen LogP) is 2.64. The van der Waals surface area contributed by atoms with Crippen LogP contribution in [0.1, 0.15) is 19.8 Å². The van der Waals surface area contributed by atoms with Gasteiger partial charge in [0.1, 0.15) is 5.82 Å². The van der Waals surface area contributed by atoms with Crippen LogP contribution in [0.3, 0.4) is 0 Å². The van der Waals surface area contributed by atoms with Gasteiger partial charge in [-0.05, 0) is 56.2 Å². The van der Waals surface area contributed by atoms with E-state index in [9.17, 15) is 9.18 Å². The lowest BCUT2D eigenvalue weighted by Gasteiger charge is -2.31. The van der Waals surface area contributed by atoms with E-state index in [1.54, 1.807) is 12.1 Å². The summed E-state index contributed by atoms with van der Waals surface area (Å²) < 4.78 is 13.0. The van der Waals surface area contributed by atoms with Gasteiger partial charge >= 0.3 is 0 Å². The SMILES string of the molecule is CCNC(=O)C1CCN(c2ccc(-c3ccc(F)cc3)nn2)CC1. The number of hydrogen-bond donors (Lipinski definition) is 1. The Morgan fingerprint density at radius 3 is 2.46 bits per heavy atom. The highest BCUT2D eigenvalue weighted by atomic mass is 19.1. The first kappa shape index (κ1) is 16.4. The molecule has 5 nitrogen and oxygen atoms in total. The minimum Gasteiger partial charge on any atom is -0.356 e. The van der Waals surface area contributed by atoms with Gasteiger partial charge in [0.05, 0.1) is 5.69 Å². The van der Waals surface area contributed by atoms with E-state index in [1.807, 2.05) is 19.1 Å². The third-order valence-electron chi connectivity index (χ3n) is 4.33. The first-order valence-electron chi connectivity index (χ1n) is 8.29. The highest BCUT2D eigenvalue weighted by Crippen LogP contribution is 2.23. The minimum absolute atomic E-state index is 0.0904. The Kier molecular flexibility index (Phi) is 5.03. The molecule has 1 saturated heterocycles. The van der Waals surface area contributed by atoms with Crippen LogP contribution in [0.2, 0.25) is 0 Å². The average Bonchev–Trinajstić information content (AvgIpc) is 2.63. The van der Waals surface area contributed by atoms with E-state index in [1.165, 1.54) is 12.1 Å². The second-order valence-electron chi connectivity index (χ2n) is 5.94. The second kappa shape index (κ2) is 7.38. The van der Waals surface area contributed by atoms with Crippen molar-refractivity contribution in [3.05, 3.63) is 42.2 Å². The lowest BCUT2D eigenvalue weighted by atomic mass is 9.96. The largest absolute Gasteiger partial charge is 0.356 e. The van der Waals surface area contributed by atoms with Crippen molar-refractivity contribution in [2.75, 3.05) is 24.5 Å². The van der Waals surface area contributed by atoms with Crippen molar-refractivity contribution in [1.82, 2.24) is 15.5 Å². The van der Waals surface area contributed by atoms with E-state index in [0.29, 0.717) is 6.54 Å². The maximum absolute atomic E-state index is 13.0. The number of nitrogens with zero attached hydrogens (tertiary/aromatic N) is 3. The van der Waals surface area contributed by atoms with Gasteiger partial charge in [-0.2, -0.15) is 0 Å². The molecular weight excluding hydrogens is 307 g/mol. The van der Waals surface area contributed by atoms with E-state index < -0.39 is 0 Å². The minimum atomic E-state index is -0.265. The summed E-state index contributed by atoms with van der Waals surface area (Å²) in [6, 6.07) is 10.0. The Hall–Kier alpha value is -2.50. The van der Waals surface area contributed by atoms with E-state index in [0.717, 1.165) is 43.0 Å². The summed E-state index contributed by atoms with van der Waals surface area (Å²) in [5, 5.41) is 11.4. The van der Waals surface area contributed by atoms with Crippen molar-refractivity contribution in [2.45, 2.75) is 19.8 Å². The van der Waals surface area contributed by atoms with Crippen molar-refractivity contribution in [3.8, 4) is 11.3 Å². The summed E-state index contributed by atoms with van der Waals surface area (Å²) >= 11 is 0. The monoisotopic (exact) mass is 328 g/mol. The van der Waals surface area contributed by atoms with Crippen LogP contribution in [0.15, 0.2) is 36.4 Å². The van der Waals surface area contributed by atoms with Gasteiger partial charge in [-0.25, -0.2) is 4.39 Å². The maximum atomic E-state index is 13.0. The molecule has 24 heavy (non-hydrogen) atoms. The number of benzene rings is 1. The normalized spacial score (nSPS) is 15.3. The number of piperidine rings is 1. The van der Waals surface area contributed by atoms with Crippen molar-refractivity contribution in [2.24, 2.45) is 5.92 Å². The fraction of sp³-hybridized carbons (Fsp3) is 0.389. The highest BCUT2D eigenvalue weighted by molar-refractivity contribution is 5.78. The third-order valence-corrected chi connectivity index (χ3v) is 4.33. The fourth-order valence-electron chi connectivity index (χ4n) is 2.96. The number of hydrogen-bond acceptors (Lipinski definition) is 4. The molecule has 126 valence electrons. The fourth-order valence-corrected chi connectivity index (χ4v) is 2.96. The Labute approximate surface area is 140 Å². The number of nitrogens with one attached hydrogen (secondary N) is 1. The van der Waals surface area contributed by atoms with Gasteiger partial charge in [0.15, 0.2) is 5.82 Å². The zero-order valence-electron chi connectivity index (χ0n) is 13.7. The van der Waals surface area contributed by atoms with Crippen LogP contribution < -0.4 is 10.2 Å². The summed E-state index contributed by atoms with van der Waals surface area (Å²) in [4.78, 5) is 14.0. The molecule has 1 aliphatic heterocycles. The molecule has 0 atom stereocenters. The molecule has 1 aliphatic rings. The van der Waals surface area contributed by atoms with E-state index in [-0.39, 0.29) is 17.6 Å². The molecule has 0 aliphatic carbocycles. The van der Waals surface area contributed by atoms with Crippen LogP contribution >= 0.6 is 0 Å². The number of rotatable bonds is 4. The lowest BCUT2D eigenvalue weighted by molar-refractivity contribution is -0.125. The van der Waals surface area contributed by atoms with Crippen LogP contribution in [0.5, 0.6) is 0 Å². The van der Waals surface area contributed by atoms with Gasteiger partial charge < -0.3 is 10.2 Å². The summed E-state index contributed by atoms with van der Waals surface area (Å²) in [5.41, 5.74) is 1.56. The molecule has 3 rings (SSSR count). The maximum Gasteiger partial charge on any atom is 0.223 e. The predicted molar refractivity (Wildman–Crippen MR) is 91.0 cm³/mol. The molecule has 2 heterocycles. The molecular formula is C18H21FN4O. The second-order valence-corrected chi connectivity index (χ2v) is 5.94. The van der Waals surface area contributed by atoms with Crippen molar-refractivity contribution in [1.29, 1.82) is 0 Å². The molecule has 0 bridgehead atoms. The van der Waals surface area contributed by atoms with Crippen molar-refractivity contribution in [3.63, 3.8) is 0 Å². The molecule has 1 amide bonds.